The van der Waals surface area contributed by atoms with Crippen molar-refractivity contribution in [1.82, 2.24) is 8.61 Å². The Bertz CT molecular complexity index is 348. The molecule has 18 heavy (non-hydrogen) atoms. The largest absolute Gasteiger partial charge is 0.471 e. The molecule has 9 heteroatoms. The predicted molar refractivity (Wildman–Crippen MR) is 68.1 cm³/mol. The Morgan fingerprint density at radius 3 is 2.61 bits per heavy atom. The van der Waals surface area contributed by atoms with Gasteiger partial charge in [0, 0.05) is 19.2 Å². The summed E-state index contributed by atoms with van der Waals surface area (Å²) < 4.78 is 17.9. The minimum atomic E-state index is -4.54. The highest BCUT2D eigenvalue weighted by Crippen LogP contribution is 2.38. The first-order valence-corrected chi connectivity index (χ1v) is 7.89. The molecule has 1 rings (SSSR count). The van der Waals surface area contributed by atoms with Crippen molar-refractivity contribution in [1.29, 1.82) is 0 Å². The molecule has 1 atom stereocenters. The van der Waals surface area contributed by atoms with Crippen molar-refractivity contribution in [3.8, 4) is 0 Å². The van der Waals surface area contributed by atoms with E-state index >= 15 is 0 Å². The predicted octanol–water partition coefficient (Wildman–Crippen LogP) is 1.20. The molecule has 7 nitrogen and oxygen atoms in total. The van der Waals surface area contributed by atoms with Crippen LogP contribution in [0, 0.1) is 5.92 Å². The zero-order valence-electron chi connectivity index (χ0n) is 10.6. The molecule has 0 aromatic heterocycles. The maximum atomic E-state index is 12.0. The summed E-state index contributed by atoms with van der Waals surface area (Å²) in [7, 11) is -2.76. The molecule has 0 spiro atoms. The Kier molecular flexibility index (Phi) is 5.64. The summed E-state index contributed by atoms with van der Waals surface area (Å²) in [6.45, 7) is 3.76. The van der Waals surface area contributed by atoms with Crippen LogP contribution in [0.5, 0.6) is 0 Å². The molecule has 1 heterocycles. The number of phosphoric ester groups is 1. The molecule has 0 aliphatic carbocycles. The van der Waals surface area contributed by atoms with E-state index in [2.05, 4.69) is 18.4 Å². The summed E-state index contributed by atoms with van der Waals surface area (Å²) in [6.07, 6.45) is 1.65. The van der Waals surface area contributed by atoms with Crippen molar-refractivity contribution < 1.29 is 23.7 Å². The maximum Gasteiger partial charge on any atom is 0.471 e. The first-order valence-electron chi connectivity index (χ1n) is 5.63. The van der Waals surface area contributed by atoms with Crippen molar-refractivity contribution in [2.45, 2.75) is 32.7 Å². The van der Waals surface area contributed by atoms with Gasteiger partial charge in [-0.2, -0.15) is 0 Å². The van der Waals surface area contributed by atoms with Gasteiger partial charge in [0.2, 0.25) is 0 Å². The van der Waals surface area contributed by atoms with Gasteiger partial charge in [-0.05, 0) is 18.8 Å². The summed E-state index contributed by atoms with van der Waals surface area (Å²) >= 11 is 1.12. The second-order valence-corrected chi connectivity index (χ2v) is 7.00. The lowest BCUT2D eigenvalue weighted by Gasteiger charge is -2.14. The molecule has 1 fully saturated rings. The molecule has 2 N–H and O–H groups in total. The third-order valence-corrected chi connectivity index (χ3v) is 4.00. The van der Waals surface area contributed by atoms with Gasteiger partial charge in [0.1, 0.15) is 12.8 Å². The highest BCUT2D eigenvalue weighted by Gasteiger charge is 2.38. The number of nitrogens with zero attached hydrogens (tertiary/aromatic N) is 2. The fourth-order valence-electron chi connectivity index (χ4n) is 1.59. The van der Waals surface area contributed by atoms with E-state index in [1.807, 2.05) is 0 Å². The van der Waals surface area contributed by atoms with Gasteiger partial charge in [0.05, 0.1) is 0 Å². The van der Waals surface area contributed by atoms with Crippen molar-refractivity contribution in [2.24, 2.45) is 5.92 Å². The smallest absolute Gasteiger partial charge is 0.303 e. The highest BCUT2D eigenvalue weighted by molar-refractivity contribution is 7.95. The quantitative estimate of drug-likeness (QED) is 0.562. The summed E-state index contributed by atoms with van der Waals surface area (Å²) in [5.74, 6) is 0.341. The van der Waals surface area contributed by atoms with Crippen LogP contribution in [0.15, 0.2) is 0 Å². The molecule has 1 aliphatic heterocycles. The zero-order chi connectivity index (χ0) is 13.9. The standard InChI is InChI=1S/C9H19N2O5PS/c1-7(2)4-5-8-9(12)11(18-10(8)3)6-16-17(13,14)15/h7-8H,4-6H2,1-3H3,(H2,13,14,15). The Morgan fingerprint density at radius 2 is 2.11 bits per heavy atom. The van der Waals surface area contributed by atoms with Crippen LogP contribution in [0.3, 0.4) is 0 Å². The third-order valence-electron chi connectivity index (χ3n) is 2.56. The number of carbonyl (C=O) groups excluding carboxylic acids is 1. The van der Waals surface area contributed by atoms with E-state index in [1.165, 1.54) is 4.31 Å². The van der Waals surface area contributed by atoms with Gasteiger partial charge >= 0.3 is 7.82 Å². The average Bonchev–Trinajstić information content (AvgIpc) is 2.47. The molecule has 0 aromatic rings. The molecule has 0 bridgehead atoms. The fraction of sp³-hybridized carbons (Fsp3) is 0.889. The Labute approximate surface area is 111 Å². The number of amides is 1. The van der Waals surface area contributed by atoms with Gasteiger partial charge < -0.3 is 9.79 Å². The molecular weight excluding hydrogens is 279 g/mol. The van der Waals surface area contributed by atoms with Crippen molar-refractivity contribution in [3.05, 3.63) is 0 Å². The Hall–Kier alpha value is -0.110. The topological polar surface area (TPSA) is 90.3 Å². The van der Waals surface area contributed by atoms with Crippen LogP contribution < -0.4 is 0 Å². The van der Waals surface area contributed by atoms with Crippen LogP contribution in [0.4, 0.5) is 0 Å². The molecule has 1 unspecified atom stereocenters. The molecule has 1 amide bonds. The first-order chi connectivity index (χ1) is 8.20. The van der Waals surface area contributed by atoms with E-state index in [-0.39, 0.29) is 11.9 Å². The highest BCUT2D eigenvalue weighted by atomic mass is 32.2. The molecule has 1 saturated heterocycles. The molecular formula is C9H19N2O5PS. The minimum Gasteiger partial charge on any atom is -0.303 e. The van der Waals surface area contributed by atoms with Crippen molar-refractivity contribution in [3.63, 3.8) is 0 Å². The molecule has 0 radical (unpaired) electrons. The fourth-order valence-corrected chi connectivity index (χ4v) is 2.85. The summed E-state index contributed by atoms with van der Waals surface area (Å²) in [4.78, 5) is 29.2. The van der Waals surface area contributed by atoms with Crippen LogP contribution >= 0.6 is 20.0 Å². The van der Waals surface area contributed by atoms with Gasteiger partial charge in [0.25, 0.3) is 5.91 Å². The lowest BCUT2D eigenvalue weighted by molar-refractivity contribution is -0.129. The lowest BCUT2D eigenvalue weighted by atomic mass is 10.0. The van der Waals surface area contributed by atoms with Crippen molar-refractivity contribution >= 4 is 25.9 Å². The van der Waals surface area contributed by atoms with Crippen LogP contribution in [-0.2, 0) is 13.9 Å². The lowest BCUT2D eigenvalue weighted by Crippen LogP contribution is -2.32. The Morgan fingerprint density at radius 1 is 1.50 bits per heavy atom. The van der Waals surface area contributed by atoms with Gasteiger partial charge in [-0.1, -0.05) is 13.8 Å². The number of carbonyl (C=O) groups is 1. The number of likely N-dealkylation sites (N-methyl/N-ethyl adjacent to an activating group) is 1. The van der Waals surface area contributed by atoms with E-state index in [0.29, 0.717) is 5.92 Å². The van der Waals surface area contributed by atoms with E-state index in [4.69, 9.17) is 9.79 Å². The van der Waals surface area contributed by atoms with Crippen LogP contribution in [0.25, 0.3) is 0 Å². The van der Waals surface area contributed by atoms with Crippen LogP contribution in [0.2, 0.25) is 0 Å². The van der Waals surface area contributed by atoms with Gasteiger partial charge in [-0.25, -0.2) is 13.2 Å². The number of phosphoric acid groups is 1. The first kappa shape index (κ1) is 15.9. The van der Waals surface area contributed by atoms with Crippen molar-refractivity contribution in [2.75, 3.05) is 13.8 Å². The van der Waals surface area contributed by atoms with Crippen LogP contribution in [0.1, 0.15) is 26.7 Å². The Balaban J connectivity index is 2.50. The second kappa shape index (κ2) is 6.36. The van der Waals surface area contributed by atoms with E-state index in [0.717, 1.165) is 25.0 Å². The monoisotopic (exact) mass is 298 g/mol. The molecule has 0 aromatic carbocycles. The number of hydrogen-bond acceptors (Lipinski definition) is 5. The van der Waals surface area contributed by atoms with E-state index in [1.54, 1.807) is 11.4 Å². The van der Waals surface area contributed by atoms with Gasteiger partial charge in [-0.15, -0.1) is 0 Å². The van der Waals surface area contributed by atoms with E-state index < -0.39 is 14.6 Å². The minimum absolute atomic E-state index is 0.170. The summed E-state index contributed by atoms with van der Waals surface area (Å²) in [5, 5.41) is 0. The molecule has 1 aliphatic rings. The zero-order valence-corrected chi connectivity index (χ0v) is 12.4. The summed E-state index contributed by atoms with van der Waals surface area (Å²) in [6, 6.07) is -0.252. The maximum absolute atomic E-state index is 12.0. The molecule has 0 saturated carbocycles. The van der Waals surface area contributed by atoms with Crippen LogP contribution in [-0.4, -0.2) is 44.1 Å². The normalized spacial score (nSPS) is 22.2. The second-order valence-electron chi connectivity index (χ2n) is 4.58. The number of hydrogen-bond donors (Lipinski definition) is 2. The van der Waals surface area contributed by atoms with Gasteiger partial charge in [0.15, 0.2) is 0 Å². The molecule has 106 valence electrons. The van der Waals surface area contributed by atoms with Gasteiger partial charge in [-0.3, -0.25) is 9.32 Å². The number of rotatable bonds is 6. The SMILES string of the molecule is CC(C)CCC1C(=O)N(COP(=O)(O)O)SN1C. The third kappa shape index (κ3) is 4.87. The van der Waals surface area contributed by atoms with E-state index in [9.17, 15) is 9.36 Å². The summed E-state index contributed by atoms with van der Waals surface area (Å²) in [5.41, 5.74) is 0. The average molecular weight is 298 g/mol.